The molecule has 0 saturated heterocycles. The quantitative estimate of drug-likeness (QED) is 0.502. The van der Waals surface area contributed by atoms with Gasteiger partial charge in [-0.15, -0.1) is 0 Å². The van der Waals surface area contributed by atoms with E-state index in [2.05, 4.69) is 0 Å². The highest BCUT2D eigenvalue weighted by molar-refractivity contribution is 5.33. The van der Waals surface area contributed by atoms with Gasteiger partial charge in [-0.25, -0.2) is 4.39 Å². The van der Waals surface area contributed by atoms with Crippen LogP contribution in [0.15, 0.2) is 35.5 Å². The minimum absolute atomic E-state index is 0.306. The highest BCUT2D eigenvalue weighted by Gasteiger charge is 2.03. The molecule has 0 amide bonds. The summed E-state index contributed by atoms with van der Waals surface area (Å²) >= 11 is 0. The van der Waals surface area contributed by atoms with E-state index in [9.17, 15) is 4.39 Å². The second-order valence-electron chi connectivity index (χ2n) is 2.05. The SMILES string of the molecule is N/C(O)=C1\C=C(F)C=CC1. The van der Waals surface area contributed by atoms with Gasteiger partial charge < -0.3 is 10.8 Å². The summed E-state index contributed by atoms with van der Waals surface area (Å²) < 4.78 is 12.4. The first kappa shape index (κ1) is 6.86. The van der Waals surface area contributed by atoms with E-state index in [1.807, 2.05) is 0 Å². The summed E-state index contributed by atoms with van der Waals surface area (Å²) in [5, 5.41) is 8.71. The first-order valence-electron chi connectivity index (χ1n) is 2.91. The maximum atomic E-state index is 12.4. The minimum Gasteiger partial charge on any atom is -0.495 e. The third-order valence-electron chi connectivity index (χ3n) is 1.26. The van der Waals surface area contributed by atoms with Crippen molar-refractivity contribution in [1.82, 2.24) is 0 Å². The van der Waals surface area contributed by atoms with Crippen LogP contribution in [0.2, 0.25) is 0 Å². The fourth-order valence-electron chi connectivity index (χ4n) is 0.750. The molecule has 0 fully saturated rings. The molecule has 0 atom stereocenters. The maximum absolute atomic E-state index is 12.4. The van der Waals surface area contributed by atoms with Gasteiger partial charge in [0.25, 0.3) is 0 Å². The zero-order chi connectivity index (χ0) is 7.56. The van der Waals surface area contributed by atoms with Gasteiger partial charge in [-0.1, -0.05) is 6.08 Å². The van der Waals surface area contributed by atoms with E-state index in [0.717, 1.165) is 0 Å². The molecule has 0 aromatic carbocycles. The van der Waals surface area contributed by atoms with Crippen molar-refractivity contribution in [3.63, 3.8) is 0 Å². The van der Waals surface area contributed by atoms with Gasteiger partial charge in [0.15, 0.2) is 5.88 Å². The molecule has 54 valence electrons. The molecule has 0 heterocycles. The van der Waals surface area contributed by atoms with Crippen LogP contribution in [-0.4, -0.2) is 5.11 Å². The molecule has 1 aliphatic rings. The monoisotopic (exact) mass is 141 g/mol. The molecule has 3 N–H and O–H groups in total. The van der Waals surface area contributed by atoms with Crippen LogP contribution < -0.4 is 5.73 Å². The molecule has 0 bridgehead atoms. The topological polar surface area (TPSA) is 46.2 Å². The van der Waals surface area contributed by atoms with Crippen LogP contribution in [0.5, 0.6) is 0 Å². The van der Waals surface area contributed by atoms with Gasteiger partial charge in [0.2, 0.25) is 0 Å². The van der Waals surface area contributed by atoms with Crippen molar-refractivity contribution in [2.24, 2.45) is 5.73 Å². The van der Waals surface area contributed by atoms with E-state index in [1.165, 1.54) is 12.2 Å². The highest BCUT2D eigenvalue weighted by atomic mass is 19.1. The predicted molar refractivity (Wildman–Crippen MR) is 36.8 cm³/mol. The number of nitrogens with two attached hydrogens (primary N) is 1. The molecule has 0 unspecified atom stereocenters. The van der Waals surface area contributed by atoms with E-state index in [-0.39, 0.29) is 11.7 Å². The molecule has 0 spiro atoms. The Bertz CT molecular complexity index is 224. The molecule has 0 aromatic heterocycles. The fraction of sp³-hybridized carbons (Fsp3) is 0.143. The van der Waals surface area contributed by atoms with Crippen LogP contribution in [-0.2, 0) is 0 Å². The lowest BCUT2D eigenvalue weighted by atomic mass is 10.1. The average molecular weight is 141 g/mol. The van der Waals surface area contributed by atoms with Crippen molar-refractivity contribution in [2.45, 2.75) is 6.42 Å². The molecule has 0 radical (unpaired) electrons. The molecule has 0 aromatic rings. The highest BCUT2D eigenvalue weighted by Crippen LogP contribution is 2.16. The zero-order valence-electron chi connectivity index (χ0n) is 5.34. The fourth-order valence-corrected chi connectivity index (χ4v) is 0.750. The van der Waals surface area contributed by atoms with Crippen molar-refractivity contribution < 1.29 is 9.50 Å². The number of aliphatic hydroxyl groups excluding tert-OH is 1. The number of halogens is 1. The Morgan fingerprint density at radius 2 is 2.40 bits per heavy atom. The molecule has 1 rings (SSSR count). The Morgan fingerprint density at radius 1 is 1.70 bits per heavy atom. The van der Waals surface area contributed by atoms with Gasteiger partial charge in [0.05, 0.1) is 0 Å². The minimum atomic E-state index is -0.377. The van der Waals surface area contributed by atoms with E-state index in [0.29, 0.717) is 12.0 Å². The summed E-state index contributed by atoms with van der Waals surface area (Å²) in [5.41, 5.74) is 5.45. The average Bonchev–Trinajstić information content (AvgIpc) is 1.88. The Hall–Kier alpha value is -1.25. The third-order valence-corrected chi connectivity index (χ3v) is 1.26. The summed E-state index contributed by atoms with van der Waals surface area (Å²) in [4.78, 5) is 0. The Kier molecular flexibility index (Phi) is 1.76. The summed E-state index contributed by atoms with van der Waals surface area (Å²) in [6.45, 7) is 0. The smallest absolute Gasteiger partial charge is 0.185 e. The molecule has 0 aliphatic heterocycles. The zero-order valence-corrected chi connectivity index (χ0v) is 5.34. The summed E-state index contributed by atoms with van der Waals surface area (Å²) in [5.74, 6) is -0.683. The number of rotatable bonds is 0. The first-order valence-corrected chi connectivity index (χ1v) is 2.91. The number of aliphatic hydroxyl groups is 1. The molecule has 0 saturated carbocycles. The van der Waals surface area contributed by atoms with Crippen LogP contribution in [0.3, 0.4) is 0 Å². The largest absolute Gasteiger partial charge is 0.495 e. The second-order valence-corrected chi connectivity index (χ2v) is 2.05. The lowest BCUT2D eigenvalue weighted by molar-refractivity contribution is 0.398. The number of hydrogen-bond donors (Lipinski definition) is 2. The lowest BCUT2D eigenvalue weighted by Gasteiger charge is -2.03. The maximum Gasteiger partial charge on any atom is 0.185 e. The lowest BCUT2D eigenvalue weighted by Crippen LogP contribution is -2.00. The van der Waals surface area contributed by atoms with Gasteiger partial charge in [-0.2, -0.15) is 0 Å². The summed E-state index contributed by atoms with van der Waals surface area (Å²) in [6, 6.07) is 0. The van der Waals surface area contributed by atoms with Crippen molar-refractivity contribution >= 4 is 0 Å². The van der Waals surface area contributed by atoms with Gasteiger partial charge in [0, 0.05) is 5.57 Å². The predicted octanol–water partition coefficient (Wildman–Crippen LogP) is 1.53. The second kappa shape index (κ2) is 2.56. The standard InChI is InChI=1S/C7H8FNO/c8-6-3-1-2-5(4-6)7(9)10/h1,3-4,10H,2,9H2/b7-5+. The summed E-state index contributed by atoms with van der Waals surface area (Å²) in [6.07, 6.45) is 4.66. The normalized spacial score (nSPS) is 22.3. The molecular weight excluding hydrogens is 133 g/mol. The number of allylic oxidation sites excluding steroid dienone is 5. The van der Waals surface area contributed by atoms with Crippen molar-refractivity contribution in [3.8, 4) is 0 Å². The van der Waals surface area contributed by atoms with E-state index in [1.54, 1.807) is 6.08 Å². The van der Waals surface area contributed by atoms with Gasteiger partial charge in [-0.05, 0) is 18.6 Å². The molecule has 10 heavy (non-hydrogen) atoms. The van der Waals surface area contributed by atoms with Gasteiger partial charge in [0.1, 0.15) is 5.83 Å². The Balaban J connectivity index is 2.89. The van der Waals surface area contributed by atoms with Crippen LogP contribution in [0.4, 0.5) is 4.39 Å². The van der Waals surface area contributed by atoms with E-state index in [4.69, 9.17) is 10.8 Å². The molecule has 2 nitrogen and oxygen atoms in total. The number of hydrogen-bond acceptors (Lipinski definition) is 2. The van der Waals surface area contributed by atoms with Crippen LogP contribution in [0.1, 0.15) is 6.42 Å². The Morgan fingerprint density at radius 3 is 2.80 bits per heavy atom. The van der Waals surface area contributed by atoms with Crippen LogP contribution >= 0.6 is 0 Å². The summed E-state index contributed by atoms with van der Waals surface area (Å²) in [7, 11) is 0. The van der Waals surface area contributed by atoms with Gasteiger partial charge >= 0.3 is 0 Å². The van der Waals surface area contributed by atoms with E-state index >= 15 is 0 Å². The van der Waals surface area contributed by atoms with Crippen LogP contribution in [0.25, 0.3) is 0 Å². The van der Waals surface area contributed by atoms with Crippen molar-refractivity contribution in [3.05, 3.63) is 35.5 Å². The molecular formula is C7H8FNO. The molecule has 1 aliphatic carbocycles. The first-order chi connectivity index (χ1) is 4.70. The van der Waals surface area contributed by atoms with Crippen molar-refractivity contribution in [1.29, 1.82) is 0 Å². The van der Waals surface area contributed by atoms with E-state index < -0.39 is 0 Å². The molecule has 3 heteroatoms. The van der Waals surface area contributed by atoms with Gasteiger partial charge in [-0.3, -0.25) is 0 Å². The van der Waals surface area contributed by atoms with Crippen LogP contribution in [0, 0.1) is 0 Å². The van der Waals surface area contributed by atoms with Crippen molar-refractivity contribution in [2.75, 3.05) is 0 Å². The third kappa shape index (κ3) is 1.37. The Labute approximate surface area is 58.2 Å².